The van der Waals surface area contributed by atoms with Crippen LogP contribution in [0.3, 0.4) is 0 Å². The first kappa shape index (κ1) is 11.7. The van der Waals surface area contributed by atoms with Crippen molar-refractivity contribution in [1.29, 1.82) is 0 Å². The molecule has 0 aromatic heterocycles. The monoisotopic (exact) mass is 170 g/mol. The van der Waals surface area contributed by atoms with Gasteiger partial charge in [-0.1, -0.05) is 39.8 Å². The molecule has 0 bridgehead atoms. The van der Waals surface area contributed by atoms with Crippen molar-refractivity contribution >= 4 is 0 Å². The average molecular weight is 170 g/mol. The summed E-state index contributed by atoms with van der Waals surface area (Å²) < 4.78 is 0. The molecule has 0 aliphatic rings. The fraction of sp³-hybridized carbons (Fsp3) is 0.818. The minimum atomic E-state index is -0.609. The molecule has 0 radical (unpaired) electrons. The normalized spacial score (nSPS) is 16.9. The van der Waals surface area contributed by atoms with E-state index in [1.165, 1.54) is 0 Å². The molecule has 0 rings (SSSR count). The van der Waals surface area contributed by atoms with Gasteiger partial charge in [-0.2, -0.15) is 0 Å². The number of hydrogen-bond acceptors (Lipinski definition) is 1. The summed E-state index contributed by atoms with van der Waals surface area (Å²) in [5, 5.41) is 9.63. The predicted octanol–water partition coefficient (Wildman–Crippen LogP) is 3.00. The maximum atomic E-state index is 9.63. The van der Waals surface area contributed by atoms with Crippen LogP contribution < -0.4 is 0 Å². The number of hydrogen-bond donors (Lipinski definition) is 1. The smallest absolute Gasteiger partial charge is 0.0651 e. The summed E-state index contributed by atoms with van der Waals surface area (Å²) in [5.74, 6) is 0.205. The molecule has 1 atom stereocenters. The van der Waals surface area contributed by atoms with Crippen LogP contribution in [0.15, 0.2) is 12.2 Å². The molecule has 1 heteroatoms. The Bertz CT molecular complexity index is 155. The third-order valence-corrected chi connectivity index (χ3v) is 2.00. The highest BCUT2D eigenvalue weighted by Crippen LogP contribution is 2.21. The Kier molecular flexibility index (Phi) is 3.52. The minimum Gasteiger partial charge on any atom is -0.390 e. The number of aliphatic hydroxyl groups is 1. The molecule has 0 spiro atoms. The van der Waals surface area contributed by atoms with Gasteiger partial charge in [0.1, 0.15) is 0 Å². The van der Waals surface area contributed by atoms with Gasteiger partial charge in [-0.25, -0.2) is 0 Å². The summed E-state index contributed by atoms with van der Waals surface area (Å²) in [6, 6.07) is 0. The van der Waals surface area contributed by atoms with Gasteiger partial charge in [-0.3, -0.25) is 0 Å². The summed E-state index contributed by atoms with van der Waals surface area (Å²) in [5.41, 5.74) is -0.402. The number of allylic oxidation sites excluding steroid dienone is 1. The quantitative estimate of drug-likeness (QED) is 0.632. The molecule has 1 N–H and O–H groups in total. The lowest BCUT2D eigenvalue weighted by molar-refractivity contribution is 0.0438. The van der Waals surface area contributed by atoms with E-state index in [1.807, 2.05) is 20.8 Å². The highest BCUT2D eigenvalue weighted by atomic mass is 16.3. The van der Waals surface area contributed by atoms with Gasteiger partial charge >= 0.3 is 0 Å². The van der Waals surface area contributed by atoms with E-state index in [2.05, 4.69) is 32.9 Å². The first-order valence-corrected chi connectivity index (χ1v) is 4.54. The minimum absolute atomic E-state index is 0.205. The first-order chi connectivity index (χ1) is 5.13. The lowest BCUT2D eigenvalue weighted by atomic mass is 9.88. The summed E-state index contributed by atoms with van der Waals surface area (Å²) in [6.07, 6.45) is 4.23. The maximum absolute atomic E-state index is 9.63. The van der Waals surface area contributed by atoms with E-state index in [9.17, 15) is 5.11 Å². The largest absolute Gasteiger partial charge is 0.390 e. The number of rotatable bonds is 2. The van der Waals surface area contributed by atoms with E-state index in [1.54, 1.807) is 0 Å². The molecule has 0 aromatic carbocycles. The molecule has 0 saturated heterocycles. The molecule has 1 unspecified atom stereocenters. The zero-order valence-corrected chi connectivity index (χ0v) is 9.18. The predicted molar refractivity (Wildman–Crippen MR) is 54.1 cm³/mol. The first-order valence-electron chi connectivity index (χ1n) is 4.54. The van der Waals surface area contributed by atoms with Crippen molar-refractivity contribution in [2.24, 2.45) is 11.3 Å². The van der Waals surface area contributed by atoms with Gasteiger partial charge in [0, 0.05) is 5.92 Å². The van der Waals surface area contributed by atoms with Crippen molar-refractivity contribution in [2.45, 2.75) is 47.1 Å². The van der Waals surface area contributed by atoms with Crippen LogP contribution in [0.25, 0.3) is 0 Å². The zero-order chi connectivity index (χ0) is 9.99. The molecule has 0 aliphatic carbocycles. The standard InChI is InChI=1S/C11H22O/c1-9(11(5,6)12)7-8-10(2,3)4/h7-9,12H,1-6H3/b8-7+. The molecule has 12 heavy (non-hydrogen) atoms. The van der Waals surface area contributed by atoms with Crippen molar-refractivity contribution in [3.63, 3.8) is 0 Å². The highest BCUT2D eigenvalue weighted by molar-refractivity contribution is 4.98. The fourth-order valence-corrected chi connectivity index (χ4v) is 0.668. The Labute approximate surface area is 76.5 Å². The fourth-order valence-electron chi connectivity index (χ4n) is 0.668. The SMILES string of the molecule is CC(/C=C/C(C)(C)C)C(C)(C)O. The molecular weight excluding hydrogens is 148 g/mol. The molecule has 0 aromatic rings. The molecule has 72 valence electrons. The van der Waals surface area contributed by atoms with E-state index in [-0.39, 0.29) is 11.3 Å². The molecule has 0 amide bonds. The van der Waals surface area contributed by atoms with Crippen LogP contribution in [0.4, 0.5) is 0 Å². The average Bonchev–Trinajstić information content (AvgIpc) is 1.78. The molecular formula is C11H22O. The van der Waals surface area contributed by atoms with Crippen LogP contribution >= 0.6 is 0 Å². The second kappa shape index (κ2) is 3.61. The maximum Gasteiger partial charge on any atom is 0.0651 e. The van der Waals surface area contributed by atoms with Crippen LogP contribution in [-0.2, 0) is 0 Å². The van der Waals surface area contributed by atoms with E-state index in [4.69, 9.17) is 0 Å². The Morgan fingerprint density at radius 1 is 1.08 bits per heavy atom. The van der Waals surface area contributed by atoms with Crippen molar-refractivity contribution in [3.8, 4) is 0 Å². The Morgan fingerprint density at radius 3 is 1.75 bits per heavy atom. The van der Waals surface area contributed by atoms with Gasteiger partial charge in [0.05, 0.1) is 5.60 Å². The van der Waals surface area contributed by atoms with E-state index >= 15 is 0 Å². The van der Waals surface area contributed by atoms with Crippen molar-refractivity contribution < 1.29 is 5.11 Å². The van der Waals surface area contributed by atoms with E-state index in [0.29, 0.717) is 0 Å². The van der Waals surface area contributed by atoms with Gasteiger partial charge in [0.25, 0.3) is 0 Å². The Morgan fingerprint density at radius 2 is 1.50 bits per heavy atom. The lowest BCUT2D eigenvalue weighted by Crippen LogP contribution is -2.27. The van der Waals surface area contributed by atoms with Gasteiger partial charge in [-0.15, -0.1) is 0 Å². The summed E-state index contributed by atoms with van der Waals surface area (Å²) in [4.78, 5) is 0. The zero-order valence-electron chi connectivity index (χ0n) is 9.18. The van der Waals surface area contributed by atoms with Crippen LogP contribution in [0, 0.1) is 11.3 Å². The Hall–Kier alpha value is -0.300. The second-order valence-electron chi connectivity index (χ2n) is 5.17. The second-order valence-corrected chi connectivity index (χ2v) is 5.17. The molecule has 0 fully saturated rings. The summed E-state index contributed by atoms with van der Waals surface area (Å²) in [6.45, 7) is 12.2. The van der Waals surface area contributed by atoms with Gasteiger partial charge in [0.2, 0.25) is 0 Å². The van der Waals surface area contributed by atoms with Crippen molar-refractivity contribution in [3.05, 3.63) is 12.2 Å². The van der Waals surface area contributed by atoms with Gasteiger partial charge < -0.3 is 5.11 Å². The van der Waals surface area contributed by atoms with Gasteiger partial charge in [-0.05, 0) is 19.3 Å². The summed E-state index contributed by atoms with van der Waals surface area (Å²) in [7, 11) is 0. The summed E-state index contributed by atoms with van der Waals surface area (Å²) >= 11 is 0. The molecule has 0 heterocycles. The van der Waals surface area contributed by atoms with Crippen LogP contribution in [-0.4, -0.2) is 10.7 Å². The lowest BCUT2D eigenvalue weighted by Gasteiger charge is -2.24. The van der Waals surface area contributed by atoms with Crippen LogP contribution in [0.1, 0.15) is 41.5 Å². The molecule has 0 aliphatic heterocycles. The third kappa shape index (κ3) is 5.36. The topological polar surface area (TPSA) is 20.2 Å². The van der Waals surface area contributed by atoms with E-state index in [0.717, 1.165) is 0 Å². The van der Waals surface area contributed by atoms with Crippen molar-refractivity contribution in [2.75, 3.05) is 0 Å². The molecule has 0 saturated carbocycles. The van der Waals surface area contributed by atoms with Crippen LogP contribution in [0.5, 0.6) is 0 Å². The van der Waals surface area contributed by atoms with E-state index < -0.39 is 5.60 Å². The Balaban J connectivity index is 4.19. The highest BCUT2D eigenvalue weighted by Gasteiger charge is 2.19. The van der Waals surface area contributed by atoms with Crippen LogP contribution in [0.2, 0.25) is 0 Å². The van der Waals surface area contributed by atoms with Gasteiger partial charge in [0.15, 0.2) is 0 Å². The van der Waals surface area contributed by atoms with Crippen molar-refractivity contribution in [1.82, 2.24) is 0 Å². The molecule has 1 nitrogen and oxygen atoms in total. The third-order valence-electron chi connectivity index (χ3n) is 2.00.